The van der Waals surface area contributed by atoms with Gasteiger partial charge in [0.2, 0.25) is 0 Å². The Bertz CT molecular complexity index is 407. The van der Waals surface area contributed by atoms with E-state index in [0.29, 0.717) is 12.0 Å². The molecule has 1 aliphatic heterocycles. The van der Waals surface area contributed by atoms with Crippen LogP contribution in [0.25, 0.3) is 0 Å². The summed E-state index contributed by atoms with van der Waals surface area (Å²) in [5.74, 6) is 0.702. The fourth-order valence-electron chi connectivity index (χ4n) is 2.91. The smallest absolute Gasteiger partial charge is 0.0372 e. The van der Waals surface area contributed by atoms with E-state index < -0.39 is 0 Å². The Morgan fingerprint density at radius 2 is 1.89 bits per heavy atom. The van der Waals surface area contributed by atoms with E-state index in [1.54, 1.807) is 0 Å². The van der Waals surface area contributed by atoms with Gasteiger partial charge in [0.25, 0.3) is 0 Å². The van der Waals surface area contributed by atoms with Gasteiger partial charge in [0.15, 0.2) is 0 Å². The third kappa shape index (κ3) is 2.72. The number of nitrogens with one attached hydrogen (secondary N) is 1. The second kappa shape index (κ2) is 5.62. The van der Waals surface area contributed by atoms with Crippen LogP contribution in [0.2, 0.25) is 0 Å². The summed E-state index contributed by atoms with van der Waals surface area (Å²) >= 11 is 3.64. The highest BCUT2D eigenvalue weighted by atomic mass is 79.9. The highest BCUT2D eigenvalue weighted by Crippen LogP contribution is 2.29. The molecule has 1 N–H and O–H groups in total. The fourth-order valence-corrected chi connectivity index (χ4v) is 3.14. The summed E-state index contributed by atoms with van der Waals surface area (Å²) in [6.45, 7) is 8.98. The maximum absolute atomic E-state index is 3.64. The molecule has 0 radical (unpaired) electrons. The number of aryl methyl sites for hydroxylation is 2. The van der Waals surface area contributed by atoms with Gasteiger partial charge in [0, 0.05) is 29.3 Å². The average Bonchev–Trinajstić information content (AvgIpc) is 2.35. The minimum absolute atomic E-state index is 0.666. The Labute approximate surface area is 119 Å². The third-order valence-corrected chi connectivity index (χ3v) is 5.31. The number of hydrogen-bond donors (Lipinski definition) is 1. The molecule has 3 heteroatoms. The maximum Gasteiger partial charge on any atom is 0.0372 e. The summed E-state index contributed by atoms with van der Waals surface area (Å²) in [6.07, 6.45) is 1.23. The van der Waals surface area contributed by atoms with Gasteiger partial charge >= 0.3 is 0 Å². The molecular weight excluding hydrogens is 288 g/mol. The molecule has 0 amide bonds. The standard InChI is InChI=1S/C15H23BrN2/c1-10-7-13(8-11(2)15(10)16)18-6-5-14(17-4)12(3)9-18/h7-8,12,14,17H,5-6,9H2,1-4H3. The number of benzene rings is 1. The predicted molar refractivity (Wildman–Crippen MR) is 82.5 cm³/mol. The van der Waals surface area contributed by atoms with Crippen molar-refractivity contribution in [2.75, 3.05) is 25.0 Å². The van der Waals surface area contributed by atoms with Crippen molar-refractivity contribution in [1.29, 1.82) is 0 Å². The van der Waals surface area contributed by atoms with Gasteiger partial charge in [0.1, 0.15) is 0 Å². The van der Waals surface area contributed by atoms with Crippen LogP contribution in [-0.2, 0) is 0 Å². The Hall–Kier alpha value is -0.540. The lowest BCUT2D eigenvalue weighted by Gasteiger charge is -2.38. The van der Waals surface area contributed by atoms with Crippen LogP contribution in [0.5, 0.6) is 0 Å². The first kappa shape index (κ1) is 13.9. The van der Waals surface area contributed by atoms with Crippen molar-refractivity contribution in [2.24, 2.45) is 5.92 Å². The second-order valence-corrected chi connectivity index (χ2v) is 6.29. The largest absolute Gasteiger partial charge is 0.371 e. The van der Waals surface area contributed by atoms with Crippen LogP contribution in [0, 0.1) is 19.8 Å². The van der Waals surface area contributed by atoms with Gasteiger partial charge in [-0.1, -0.05) is 22.9 Å². The number of halogens is 1. The maximum atomic E-state index is 3.64. The van der Waals surface area contributed by atoms with Crippen LogP contribution < -0.4 is 10.2 Å². The van der Waals surface area contributed by atoms with Crippen LogP contribution in [0.3, 0.4) is 0 Å². The molecule has 18 heavy (non-hydrogen) atoms. The molecule has 0 spiro atoms. The molecule has 1 aliphatic rings. The van der Waals surface area contributed by atoms with Gasteiger partial charge in [-0.15, -0.1) is 0 Å². The summed E-state index contributed by atoms with van der Waals surface area (Å²) in [7, 11) is 2.07. The molecule has 100 valence electrons. The lowest BCUT2D eigenvalue weighted by molar-refractivity contribution is 0.339. The van der Waals surface area contributed by atoms with E-state index in [2.05, 4.69) is 66.1 Å². The highest BCUT2D eigenvalue weighted by Gasteiger charge is 2.25. The quantitative estimate of drug-likeness (QED) is 0.899. The molecule has 0 bridgehead atoms. The van der Waals surface area contributed by atoms with E-state index in [1.807, 2.05) is 0 Å². The predicted octanol–water partition coefficient (Wildman–Crippen LogP) is 3.50. The Morgan fingerprint density at radius 1 is 1.28 bits per heavy atom. The van der Waals surface area contributed by atoms with E-state index in [0.717, 1.165) is 13.1 Å². The van der Waals surface area contributed by atoms with Crippen LogP contribution in [-0.4, -0.2) is 26.2 Å². The van der Waals surface area contributed by atoms with Crippen molar-refractivity contribution in [1.82, 2.24) is 5.32 Å². The van der Waals surface area contributed by atoms with Gasteiger partial charge in [0.05, 0.1) is 0 Å². The summed E-state index contributed by atoms with van der Waals surface area (Å²) in [5.41, 5.74) is 4.02. The average molecular weight is 311 g/mol. The van der Waals surface area contributed by atoms with E-state index in [9.17, 15) is 0 Å². The summed E-state index contributed by atoms with van der Waals surface area (Å²) in [6, 6.07) is 5.26. The first-order valence-electron chi connectivity index (χ1n) is 6.72. The van der Waals surface area contributed by atoms with E-state index in [-0.39, 0.29) is 0 Å². The monoisotopic (exact) mass is 310 g/mol. The van der Waals surface area contributed by atoms with Crippen LogP contribution >= 0.6 is 15.9 Å². The molecule has 2 nitrogen and oxygen atoms in total. The molecule has 1 heterocycles. The lowest BCUT2D eigenvalue weighted by Crippen LogP contribution is -2.47. The minimum atomic E-state index is 0.666. The first-order chi connectivity index (χ1) is 8.52. The van der Waals surface area contributed by atoms with Crippen LogP contribution in [0.1, 0.15) is 24.5 Å². The second-order valence-electron chi connectivity index (χ2n) is 5.50. The molecule has 0 aliphatic carbocycles. The zero-order valence-electron chi connectivity index (χ0n) is 11.8. The van der Waals surface area contributed by atoms with Crippen molar-refractivity contribution in [3.8, 4) is 0 Å². The molecule has 1 fully saturated rings. The molecule has 2 atom stereocenters. The molecule has 2 rings (SSSR count). The number of piperidine rings is 1. The Kier molecular flexibility index (Phi) is 4.33. The summed E-state index contributed by atoms with van der Waals surface area (Å²) < 4.78 is 1.24. The number of nitrogens with zero attached hydrogens (tertiary/aromatic N) is 1. The minimum Gasteiger partial charge on any atom is -0.371 e. The Morgan fingerprint density at radius 3 is 2.39 bits per heavy atom. The van der Waals surface area contributed by atoms with Crippen molar-refractivity contribution >= 4 is 21.6 Å². The van der Waals surface area contributed by atoms with Gasteiger partial charge < -0.3 is 10.2 Å². The highest BCUT2D eigenvalue weighted by molar-refractivity contribution is 9.10. The zero-order valence-corrected chi connectivity index (χ0v) is 13.3. The Balaban J connectivity index is 2.18. The normalized spacial score (nSPS) is 24.4. The summed E-state index contributed by atoms with van der Waals surface area (Å²) in [4.78, 5) is 2.52. The van der Waals surface area contributed by atoms with Gasteiger partial charge in [-0.3, -0.25) is 0 Å². The number of rotatable bonds is 2. The molecule has 0 aromatic heterocycles. The molecule has 1 saturated heterocycles. The number of hydrogen-bond acceptors (Lipinski definition) is 2. The zero-order chi connectivity index (χ0) is 13.3. The van der Waals surface area contributed by atoms with Crippen LogP contribution in [0.15, 0.2) is 16.6 Å². The van der Waals surface area contributed by atoms with Crippen molar-refractivity contribution < 1.29 is 0 Å². The molecule has 2 unspecified atom stereocenters. The number of anilines is 1. The van der Waals surface area contributed by atoms with Crippen molar-refractivity contribution in [2.45, 2.75) is 33.2 Å². The van der Waals surface area contributed by atoms with Crippen molar-refractivity contribution in [3.05, 3.63) is 27.7 Å². The topological polar surface area (TPSA) is 15.3 Å². The lowest BCUT2D eigenvalue weighted by atomic mass is 9.93. The van der Waals surface area contributed by atoms with Crippen LogP contribution in [0.4, 0.5) is 5.69 Å². The first-order valence-corrected chi connectivity index (χ1v) is 7.51. The molecular formula is C15H23BrN2. The molecule has 0 saturated carbocycles. The third-order valence-electron chi connectivity index (χ3n) is 4.06. The fraction of sp³-hybridized carbons (Fsp3) is 0.600. The molecule has 1 aromatic rings. The van der Waals surface area contributed by atoms with Crippen molar-refractivity contribution in [3.63, 3.8) is 0 Å². The van der Waals surface area contributed by atoms with E-state index >= 15 is 0 Å². The SMILES string of the molecule is CNC1CCN(c2cc(C)c(Br)c(C)c2)CC1C. The van der Waals surface area contributed by atoms with E-state index in [4.69, 9.17) is 0 Å². The van der Waals surface area contributed by atoms with Gasteiger partial charge in [-0.05, 0) is 56.5 Å². The van der Waals surface area contributed by atoms with Gasteiger partial charge in [-0.2, -0.15) is 0 Å². The van der Waals surface area contributed by atoms with Gasteiger partial charge in [-0.25, -0.2) is 0 Å². The molecule has 1 aromatic carbocycles. The van der Waals surface area contributed by atoms with E-state index in [1.165, 1.54) is 27.7 Å². The summed E-state index contributed by atoms with van der Waals surface area (Å²) in [5, 5.41) is 3.42.